The lowest BCUT2D eigenvalue weighted by molar-refractivity contribution is -0.127. The molecule has 98 valence electrons. The molecule has 0 heterocycles. The van der Waals surface area contributed by atoms with Crippen LogP contribution in [0.15, 0.2) is 0 Å². The van der Waals surface area contributed by atoms with Gasteiger partial charge in [-0.3, -0.25) is 4.79 Å². The minimum Gasteiger partial charge on any atom is -0.444 e. The molecule has 0 aromatic rings. The summed E-state index contributed by atoms with van der Waals surface area (Å²) in [5.74, 6) is -0.138. The maximum absolute atomic E-state index is 11.9. The Labute approximate surface area is 102 Å². The van der Waals surface area contributed by atoms with E-state index in [4.69, 9.17) is 4.74 Å². The van der Waals surface area contributed by atoms with Gasteiger partial charge in [-0.25, -0.2) is 4.79 Å². The lowest BCUT2D eigenvalue weighted by Crippen LogP contribution is -2.57. The van der Waals surface area contributed by atoms with Crippen molar-refractivity contribution in [3.63, 3.8) is 0 Å². The summed E-state index contributed by atoms with van der Waals surface area (Å²) in [5.41, 5.74) is -1.33. The summed E-state index contributed by atoms with van der Waals surface area (Å²) in [6.07, 6.45) is 2.72. The van der Waals surface area contributed by atoms with Crippen LogP contribution in [0.3, 0.4) is 0 Å². The van der Waals surface area contributed by atoms with Crippen molar-refractivity contribution in [3.8, 4) is 0 Å². The van der Waals surface area contributed by atoms with Crippen molar-refractivity contribution in [1.29, 1.82) is 0 Å². The molecule has 0 aromatic heterocycles. The quantitative estimate of drug-likeness (QED) is 0.772. The number of alkyl carbamates (subject to hydrolysis) is 1. The lowest BCUT2D eigenvalue weighted by atomic mass is 9.97. The Morgan fingerprint density at radius 1 is 1.18 bits per heavy atom. The van der Waals surface area contributed by atoms with E-state index in [-0.39, 0.29) is 5.91 Å². The number of nitrogens with one attached hydrogen (secondary N) is 2. The summed E-state index contributed by atoms with van der Waals surface area (Å²) < 4.78 is 5.19. The average Bonchev–Trinajstić information content (AvgIpc) is 2.63. The highest BCUT2D eigenvalue weighted by Gasteiger charge is 2.42. The van der Waals surface area contributed by atoms with Crippen LogP contribution in [-0.2, 0) is 9.53 Å². The van der Waals surface area contributed by atoms with Gasteiger partial charge in [0.25, 0.3) is 0 Å². The molecule has 0 aliphatic heterocycles. The van der Waals surface area contributed by atoms with Crippen LogP contribution in [0.25, 0.3) is 0 Å². The van der Waals surface area contributed by atoms with Gasteiger partial charge in [0.15, 0.2) is 0 Å². The number of hydrogen-bond donors (Lipinski definition) is 2. The van der Waals surface area contributed by atoms with Crippen molar-refractivity contribution in [2.24, 2.45) is 0 Å². The molecule has 5 heteroatoms. The summed E-state index contributed by atoms with van der Waals surface area (Å²) in [4.78, 5) is 23.6. The molecule has 0 saturated heterocycles. The lowest BCUT2D eigenvalue weighted by Gasteiger charge is -2.29. The standard InChI is InChI=1S/C12H22N2O3/c1-11(2,3)17-10(16)14-12(9(15)13-4)7-5-6-8-12/h5-8H2,1-4H3,(H,13,15)(H,14,16). The second kappa shape index (κ2) is 4.94. The molecule has 1 saturated carbocycles. The second-order valence-corrected chi connectivity index (χ2v) is 5.50. The SMILES string of the molecule is CNC(=O)C1(NC(=O)OC(C)(C)C)CCCC1. The Hall–Kier alpha value is -1.26. The van der Waals surface area contributed by atoms with Crippen molar-refractivity contribution >= 4 is 12.0 Å². The van der Waals surface area contributed by atoms with Crippen molar-refractivity contribution in [1.82, 2.24) is 10.6 Å². The number of likely N-dealkylation sites (N-methyl/N-ethyl adjacent to an activating group) is 1. The van der Waals surface area contributed by atoms with E-state index in [9.17, 15) is 9.59 Å². The molecule has 1 aliphatic rings. The van der Waals surface area contributed by atoms with Gasteiger partial charge in [0, 0.05) is 7.05 Å². The molecule has 0 atom stereocenters. The molecule has 0 spiro atoms. The highest BCUT2D eigenvalue weighted by Crippen LogP contribution is 2.30. The molecule has 17 heavy (non-hydrogen) atoms. The van der Waals surface area contributed by atoms with Gasteiger partial charge in [0.1, 0.15) is 11.1 Å². The Kier molecular flexibility index (Phi) is 4.01. The Morgan fingerprint density at radius 3 is 2.12 bits per heavy atom. The fraction of sp³-hybridized carbons (Fsp3) is 0.833. The maximum atomic E-state index is 11.9. The predicted molar refractivity (Wildman–Crippen MR) is 64.6 cm³/mol. The maximum Gasteiger partial charge on any atom is 0.408 e. The van der Waals surface area contributed by atoms with Gasteiger partial charge in [-0.05, 0) is 33.6 Å². The average molecular weight is 242 g/mol. The van der Waals surface area contributed by atoms with E-state index in [0.717, 1.165) is 12.8 Å². The molecule has 2 amide bonds. The van der Waals surface area contributed by atoms with Crippen LogP contribution in [0.4, 0.5) is 4.79 Å². The summed E-state index contributed by atoms with van der Waals surface area (Å²) in [6.45, 7) is 5.40. The number of amides is 2. The van der Waals surface area contributed by atoms with Gasteiger partial charge in [0.2, 0.25) is 5.91 Å². The first-order valence-electron chi connectivity index (χ1n) is 6.02. The fourth-order valence-electron chi connectivity index (χ4n) is 2.13. The zero-order valence-electron chi connectivity index (χ0n) is 11.1. The molecule has 5 nitrogen and oxygen atoms in total. The zero-order chi connectivity index (χ0) is 13.1. The summed E-state index contributed by atoms with van der Waals surface area (Å²) in [7, 11) is 1.58. The third-order valence-electron chi connectivity index (χ3n) is 2.86. The van der Waals surface area contributed by atoms with Crippen LogP contribution >= 0.6 is 0 Å². The number of carbonyl (C=O) groups excluding carboxylic acids is 2. The van der Waals surface area contributed by atoms with Crippen LogP contribution in [0.2, 0.25) is 0 Å². The predicted octanol–water partition coefficient (Wildman–Crippen LogP) is 1.57. The smallest absolute Gasteiger partial charge is 0.408 e. The first kappa shape index (κ1) is 13.8. The van der Waals surface area contributed by atoms with E-state index in [1.54, 1.807) is 27.8 Å². The Balaban J connectivity index is 2.68. The van der Waals surface area contributed by atoms with Gasteiger partial charge in [0.05, 0.1) is 0 Å². The number of ether oxygens (including phenoxy) is 1. The molecular formula is C12H22N2O3. The summed E-state index contributed by atoms with van der Waals surface area (Å²) in [5, 5.41) is 5.33. The Morgan fingerprint density at radius 2 is 1.71 bits per heavy atom. The largest absolute Gasteiger partial charge is 0.444 e. The molecule has 1 rings (SSSR count). The summed E-state index contributed by atoms with van der Waals surface area (Å²) in [6, 6.07) is 0. The molecule has 0 unspecified atom stereocenters. The van der Waals surface area contributed by atoms with Crippen LogP contribution < -0.4 is 10.6 Å². The van der Waals surface area contributed by atoms with Crippen LogP contribution in [0.5, 0.6) is 0 Å². The van der Waals surface area contributed by atoms with Crippen LogP contribution in [-0.4, -0.2) is 30.2 Å². The zero-order valence-corrected chi connectivity index (χ0v) is 11.1. The minimum absolute atomic E-state index is 0.138. The van der Waals surface area contributed by atoms with Crippen LogP contribution in [0, 0.1) is 0 Å². The molecule has 1 fully saturated rings. The Bertz CT molecular complexity index is 301. The number of hydrogen-bond acceptors (Lipinski definition) is 3. The van der Waals surface area contributed by atoms with Gasteiger partial charge >= 0.3 is 6.09 Å². The fourth-order valence-corrected chi connectivity index (χ4v) is 2.13. The van der Waals surface area contributed by atoms with Crippen LogP contribution in [0.1, 0.15) is 46.5 Å². The third kappa shape index (κ3) is 3.61. The van der Waals surface area contributed by atoms with Crippen molar-refractivity contribution in [2.45, 2.75) is 57.6 Å². The monoisotopic (exact) mass is 242 g/mol. The first-order chi connectivity index (χ1) is 7.79. The van der Waals surface area contributed by atoms with E-state index in [1.165, 1.54) is 0 Å². The van der Waals surface area contributed by atoms with Gasteiger partial charge in [-0.1, -0.05) is 12.8 Å². The topological polar surface area (TPSA) is 67.4 Å². The molecule has 2 N–H and O–H groups in total. The van der Waals surface area contributed by atoms with Gasteiger partial charge in [-0.15, -0.1) is 0 Å². The van der Waals surface area contributed by atoms with E-state index < -0.39 is 17.2 Å². The van der Waals surface area contributed by atoms with Crippen molar-refractivity contribution < 1.29 is 14.3 Å². The minimum atomic E-state index is -0.781. The number of rotatable bonds is 2. The molecule has 0 bridgehead atoms. The first-order valence-corrected chi connectivity index (χ1v) is 6.02. The normalized spacial score (nSPS) is 18.6. The molecule has 1 aliphatic carbocycles. The van der Waals surface area contributed by atoms with E-state index in [2.05, 4.69) is 10.6 Å². The molecular weight excluding hydrogens is 220 g/mol. The van der Waals surface area contributed by atoms with E-state index in [0.29, 0.717) is 12.8 Å². The number of carbonyl (C=O) groups is 2. The van der Waals surface area contributed by atoms with E-state index in [1.807, 2.05) is 0 Å². The summed E-state index contributed by atoms with van der Waals surface area (Å²) >= 11 is 0. The van der Waals surface area contributed by atoms with Crippen molar-refractivity contribution in [2.75, 3.05) is 7.05 Å². The highest BCUT2D eigenvalue weighted by molar-refractivity contribution is 5.90. The molecule has 0 aromatic carbocycles. The van der Waals surface area contributed by atoms with Gasteiger partial charge < -0.3 is 15.4 Å². The van der Waals surface area contributed by atoms with Crippen molar-refractivity contribution in [3.05, 3.63) is 0 Å². The van der Waals surface area contributed by atoms with Gasteiger partial charge in [-0.2, -0.15) is 0 Å². The highest BCUT2D eigenvalue weighted by atomic mass is 16.6. The molecule has 0 radical (unpaired) electrons. The third-order valence-corrected chi connectivity index (χ3v) is 2.86. The van der Waals surface area contributed by atoms with E-state index >= 15 is 0 Å². The second-order valence-electron chi connectivity index (χ2n) is 5.50.